The van der Waals surface area contributed by atoms with E-state index < -0.39 is 17.8 Å². The van der Waals surface area contributed by atoms with Crippen molar-refractivity contribution in [1.29, 1.82) is 0 Å². The van der Waals surface area contributed by atoms with Crippen molar-refractivity contribution >= 4 is 17.8 Å². The monoisotopic (exact) mass is 385 g/mol. The van der Waals surface area contributed by atoms with Gasteiger partial charge in [-0.15, -0.1) is 0 Å². The molecular weight excluding hydrogens is 365 g/mol. The summed E-state index contributed by atoms with van der Waals surface area (Å²) in [6.07, 6.45) is 0.121. The Hall–Kier alpha value is -3.42. The van der Waals surface area contributed by atoms with Crippen molar-refractivity contribution in [1.82, 2.24) is 10.6 Å². The smallest absolute Gasteiger partial charge is 0.258 e. The predicted octanol–water partition coefficient (Wildman–Crippen LogP) is 2.58. The van der Waals surface area contributed by atoms with Crippen molar-refractivity contribution in [3.63, 3.8) is 0 Å². The first kappa shape index (κ1) is 19.3. The molecule has 7 nitrogen and oxygen atoms in total. The number of carbonyl (C=O) groups is 2. The zero-order valence-corrected chi connectivity index (χ0v) is 15.5. The van der Waals surface area contributed by atoms with Gasteiger partial charge in [0.05, 0.1) is 26.2 Å². The summed E-state index contributed by atoms with van der Waals surface area (Å²) in [4.78, 5) is 28.8. The van der Waals surface area contributed by atoms with Gasteiger partial charge in [0.25, 0.3) is 5.91 Å². The van der Waals surface area contributed by atoms with Gasteiger partial charge < -0.3 is 9.47 Å². The molecule has 146 valence electrons. The largest absolute Gasteiger partial charge is 0.493 e. The minimum Gasteiger partial charge on any atom is -0.493 e. The summed E-state index contributed by atoms with van der Waals surface area (Å²) in [7, 11) is 1.53. The predicted molar refractivity (Wildman–Crippen MR) is 101 cm³/mol. The van der Waals surface area contributed by atoms with E-state index in [1.165, 1.54) is 25.3 Å². The fourth-order valence-corrected chi connectivity index (χ4v) is 2.82. The Bertz CT molecular complexity index is 929. The van der Waals surface area contributed by atoms with Gasteiger partial charge in [-0.05, 0) is 42.8 Å². The molecule has 2 N–H and O–H groups in total. The van der Waals surface area contributed by atoms with Crippen LogP contribution in [0, 0.1) is 5.82 Å². The minimum absolute atomic E-state index is 0.0170. The first-order chi connectivity index (χ1) is 13.5. The van der Waals surface area contributed by atoms with Gasteiger partial charge in [-0.2, -0.15) is 0 Å². The third-order valence-electron chi connectivity index (χ3n) is 4.11. The number of nitrogens with one attached hydrogen (secondary N) is 2. The van der Waals surface area contributed by atoms with E-state index >= 15 is 0 Å². The Balaban J connectivity index is 1.82. The van der Waals surface area contributed by atoms with Crippen molar-refractivity contribution < 1.29 is 23.5 Å². The fourth-order valence-electron chi connectivity index (χ4n) is 2.82. The van der Waals surface area contributed by atoms with E-state index in [0.717, 1.165) is 11.6 Å². The van der Waals surface area contributed by atoms with Crippen LogP contribution in [-0.4, -0.2) is 31.5 Å². The van der Waals surface area contributed by atoms with Crippen LogP contribution in [0.3, 0.4) is 0 Å². The molecule has 1 heterocycles. The number of ether oxygens (including phenoxy) is 2. The second kappa shape index (κ2) is 8.51. The Labute approximate surface area is 161 Å². The fraction of sp³-hybridized carbons (Fsp3) is 0.250. The second-order valence-electron chi connectivity index (χ2n) is 6.05. The van der Waals surface area contributed by atoms with Crippen LogP contribution in [0.2, 0.25) is 0 Å². The quantitative estimate of drug-likeness (QED) is 0.828. The summed E-state index contributed by atoms with van der Waals surface area (Å²) in [5, 5.41) is 5.03. The molecule has 0 radical (unpaired) electrons. The molecule has 2 aromatic rings. The van der Waals surface area contributed by atoms with Crippen LogP contribution in [0.25, 0.3) is 0 Å². The summed E-state index contributed by atoms with van der Waals surface area (Å²) >= 11 is 0. The Morgan fingerprint density at radius 3 is 2.82 bits per heavy atom. The van der Waals surface area contributed by atoms with Crippen molar-refractivity contribution in [2.24, 2.45) is 4.99 Å². The minimum atomic E-state index is -0.566. The van der Waals surface area contributed by atoms with Crippen LogP contribution in [0.1, 0.15) is 35.3 Å². The van der Waals surface area contributed by atoms with E-state index in [9.17, 15) is 14.0 Å². The molecule has 0 fully saturated rings. The molecule has 2 amide bonds. The van der Waals surface area contributed by atoms with Crippen LogP contribution in [-0.2, 0) is 4.79 Å². The number of rotatable bonds is 5. The van der Waals surface area contributed by atoms with Crippen molar-refractivity contribution in [2.75, 3.05) is 13.7 Å². The van der Waals surface area contributed by atoms with Gasteiger partial charge in [0.1, 0.15) is 5.82 Å². The van der Waals surface area contributed by atoms with Crippen LogP contribution in [0.15, 0.2) is 47.5 Å². The highest BCUT2D eigenvalue weighted by molar-refractivity contribution is 6.10. The molecule has 0 aliphatic carbocycles. The Morgan fingerprint density at radius 1 is 1.29 bits per heavy atom. The standard InChI is InChI=1S/C20H20FN3O4/c1-3-28-16-8-7-12(10-17(16)27-2)15-11-18(25)23-20(22-15)24-19(26)13-5-4-6-14(21)9-13/h4-10,15H,3,11H2,1-2H3,(H2,22,23,24,25,26)/t15-/m0/s1. The molecule has 0 saturated heterocycles. The summed E-state index contributed by atoms with van der Waals surface area (Å²) in [5.74, 6) is -0.237. The van der Waals surface area contributed by atoms with E-state index in [0.29, 0.717) is 18.1 Å². The second-order valence-corrected chi connectivity index (χ2v) is 6.05. The molecule has 1 aliphatic rings. The molecule has 1 atom stereocenters. The van der Waals surface area contributed by atoms with Gasteiger partial charge in [0.15, 0.2) is 11.5 Å². The van der Waals surface area contributed by atoms with E-state index in [-0.39, 0.29) is 23.9 Å². The van der Waals surface area contributed by atoms with Crippen LogP contribution < -0.4 is 20.1 Å². The molecule has 1 aliphatic heterocycles. The van der Waals surface area contributed by atoms with E-state index in [1.54, 1.807) is 18.2 Å². The molecule has 0 bridgehead atoms. The van der Waals surface area contributed by atoms with Crippen molar-refractivity contribution in [3.05, 3.63) is 59.4 Å². The molecular formula is C20H20FN3O4. The topological polar surface area (TPSA) is 89.0 Å². The molecule has 2 aromatic carbocycles. The lowest BCUT2D eigenvalue weighted by atomic mass is 10.0. The Morgan fingerprint density at radius 2 is 2.11 bits per heavy atom. The number of amides is 2. The van der Waals surface area contributed by atoms with Crippen LogP contribution in [0.5, 0.6) is 11.5 Å². The summed E-state index contributed by atoms with van der Waals surface area (Å²) in [5.41, 5.74) is 0.870. The highest BCUT2D eigenvalue weighted by Crippen LogP contribution is 2.33. The first-order valence-electron chi connectivity index (χ1n) is 8.75. The highest BCUT2D eigenvalue weighted by Gasteiger charge is 2.25. The SMILES string of the molecule is CCOc1ccc([C@@H]2CC(=O)NC(NC(=O)c3cccc(F)c3)=N2)cc1OC. The number of hydrogen-bond acceptors (Lipinski definition) is 5. The third-order valence-corrected chi connectivity index (χ3v) is 4.11. The maximum atomic E-state index is 13.3. The van der Waals surface area contributed by atoms with Crippen LogP contribution in [0.4, 0.5) is 4.39 Å². The normalized spacial score (nSPS) is 16.0. The maximum absolute atomic E-state index is 13.3. The average Bonchev–Trinajstić information content (AvgIpc) is 2.68. The number of guanidine groups is 1. The lowest BCUT2D eigenvalue weighted by Gasteiger charge is -2.22. The molecule has 0 spiro atoms. The van der Waals surface area contributed by atoms with Gasteiger partial charge >= 0.3 is 0 Å². The van der Waals surface area contributed by atoms with E-state index in [2.05, 4.69) is 15.6 Å². The van der Waals surface area contributed by atoms with Gasteiger partial charge in [0.2, 0.25) is 11.9 Å². The van der Waals surface area contributed by atoms with Gasteiger partial charge in [-0.3, -0.25) is 20.2 Å². The lowest BCUT2D eigenvalue weighted by Crippen LogP contribution is -2.47. The zero-order chi connectivity index (χ0) is 20.1. The van der Waals surface area contributed by atoms with Crippen LogP contribution >= 0.6 is 0 Å². The van der Waals surface area contributed by atoms with Gasteiger partial charge in [-0.25, -0.2) is 9.38 Å². The molecule has 3 rings (SSSR count). The molecule has 28 heavy (non-hydrogen) atoms. The number of benzene rings is 2. The Kier molecular flexibility index (Phi) is 5.88. The summed E-state index contributed by atoms with van der Waals surface area (Å²) in [6, 6.07) is 10.1. The average molecular weight is 385 g/mol. The van der Waals surface area contributed by atoms with E-state index in [4.69, 9.17) is 9.47 Å². The van der Waals surface area contributed by atoms with Crippen molar-refractivity contribution in [2.45, 2.75) is 19.4 Å². The number of carbonyl (C=O) groups excluding carboxylic acids is 2. The lowest BCUT2D eigenvalue weighted by molar-refractivity contribution is -0.120. The number of methoxy groups -OCH3 is 1. The number of halogens is 1. The number of nitrogens with zero attached hydrogens (tertiary/aromatic N) is 1. The highest BCUT2D eigenvalue weighted by atomic mass is 19.1. The molecule has 0 unspecified atom stereocenters. The zero-order valence-electron chi connectivity index (χ0n) is 15.5. The first-order valence-corrected chi connectivity index (χ1v) is 8.75. The van der Waals surface area contributed by atoms with E-state index in [1.807, 2.05) is 6.92 Å². The van der Waals surface area contributed by atoms with Gasteiger partial charge in [0, 0.05) is 5.56 Å². The van der Waals surface area contributed by atoms with Gasteiger partial charge in [-0.1, -0.05) is 12.1 Å². The number of hydrogen-bond donors (Lipinski definition) is 2. The van der Waals surface area contributed by atoms with Crippen molar-refractivity contribution in [3.8, 4) is 11.5 Å². The molecule has 8 heteroatoms. The maximum Gasteiger partial charge on any atom is 0.258 e. The molecule has 0 saturated carbocycles. The molecule has 0 aromatic heterocycles. The summed E-state index contributed by atoms with van der Waals surface area (Å²) in [6.45, 7) is 2.37. The number of aliphatic imine (C=N–C) groups is 1. The third kappa shape index (κ3) is 4.46. The summed E-state index contributed by atoms with van der Waals surface area (Å²) < 4.78 is 24.1.